The first-order valence-corrected chi connectivity index (χ1v) is 7.39. The highest BCUT2D eigenvalue weighted by Gasteiger charge is 2.26. The maximum Gasteiger partial charge on any atom is 0.228 e. The van der Waals surface area contributed by atoms with Crippen LogP contribution < -0.4 is 0 Å². The van der Waals surface area contributed by atoms with Crippen molar-refractivity contribution in [3.63, 3.8) is 0 Å². The normalized spacial score (nSPS) is 18.9. The minimum Gasteiger partial charge on any atom is -0.381 e. The van der Waals surface area contributed by atoms with E-state index in [0.717, 1.165) is 6.42 Å². The van der Waals surface area contributed by atoms with Crippen molar-refractivity contribution < 1.29 is 9.53 Å². The molecule has 1 atom stereocenters. The van der Waals surface area contributed by atoms with E-state index in [1.807, 2.05) is 13.1 Å². The average molecular weight is 265 g/mol. The van der Waals surface area contributed by atoms with Gasteiger partial charge in [0.25, 0.3) is 0 Å². The van der Waals surface area contributed by atoms with Crippen LogP contribution >= 0.6 is 11.8 Å². The van der Waals surface area contributed by atoms with E-state index in [1.54, 1.807) is 16.7 Å². The highest BCUT2D eigenvalue weighted by Crippen LogP contribution is 2.19. The van der Waals surface area contributed by atoms with E-state index < -0.39 is 0 Å². The molecule has 1 aromatic rings. The molecule has 0 saturated carbocycles. The molecule has 0 aromatic heterocycles. The molecule has 1 aliphatic heterocycles. The molecule has 3 nitrogen and oxygen atoms in total. The lowest BCUT2D eigenvalue weighted by atomic mass is 10.1. The summed E-state index contributed by atoms with van der Waals surface area (Å²) in [6.45, 7) is 1.96. The number of amides is 1. The van der Waals surface area contributed by atoms with Gasteiger partial charge in [-0.05, 0) is 30.4 Å². The first-order valence-electron chi connectivity index (χ1n) is 6.16. The molecule has 1 amide bonds. The minimum atomic E-state index is 0.0544. The van der Waals surface area contributed by atoms with Crippen LogP contribution in [0.2, 0.25) is 0 Å². The second kappa shape index (κ2) is 6.25. The molecular weight excluding hydrogens is 246 g/mol. The first kappa shape index (κ1) is 13.4. The Morgan fingerprint density at radius 1 is 1.56 bits per heavy atom. The summed E-state index contributed by atoms with van der Waals surface area (Å²) < 4.78 is 5.26. The summed E-state index contributed by atoms with van der Waals surface area (Å²) in [5.41, 5.74) is 1.18. The molecule has 1 fully saturated rings. The van der Waals surface area contributed by atoms with Crippen molar-refractivity contribution in [3.05, 3.63) is 29.8 Å². The van der Waals surface area contributed by atoms with Crippen molar-refractivity contribution >= 4 is 17.7 Å². The Morgan fingerprint density at radius 3 is 3.06 bits per heavy atom. The summed E-state index contributed by atoms with van der Waals surface area (Å²) in [6.07, 6.45) is 2.91. The van der Waals surface area contributed by atoms with Crippen molar-refractivity contribution in [2.45, 2.75) is 17.9 Å². The van der Waals surface area contributed by atoms with E-state index in [-0.39, 0.29) is 11.8 Å². The van der Waals surface area contributed by atoms with E-state index in [9.17, 15) is 4.79 Å². The van der Waals surface area contributed by atoms with E-state index in [4.69, 9.17) is 4.74 Å². The van der Waals surface area contributed by atoms with Crippen LogP contribution in [0.4, 0.5) is 0 Å². The molecule has 1 saturated heterocycles. The summed E-state index contributed by atoms with van der Waals surface area (Å²) in [6, 6.07) is 8.33. The van der Waals surface area contributed by atoms with Gasteiger partial charge in [0, 0.05) is 25.1 Å². The van der Waals surface area contributed by atoms with Gasteiger partial charge in [0.05, 0.1) is 12.5 Å². The zero-order valence-electron chi connectivity index (χ0n) is 10.9. The van der Waals surface area contributed by atoms with Gasteiger partial charge in [0.1, 0.15) is 0 Å². The number of nitrogens with zero attached hydrogens (tertiary/aromatic N) is 1. The fraction of sp³-hybridized carbons (Fsp3) is 0.500. The number of benzene rings is 1. The lowest BCUT2D eigenvalue weighted by molar-refractivity contribution is -0.134. The molecule has 1 heterocycles. The molecule has 4 heteroatoms. The molecule has 0 aliphatic carbocycles. The lowest BCUT2D eigenvalue weighted by Gasteiger charge is -2.20. The topological polar surface area (TPSA) is 29.5 Å². The summed E-state index contributed by atoms with van der Waals surface area (Å²) in [5.74, 6) is 0.251. The van der Waals surface area contributed by atoms with Gasteiger partial charge < -0.3 is 9.64 Å². The van der Waals surface area contributed by atoms with E-state index in [0.29, 0.717) is 19.8 Å². The Kier molecular flexibility index (Phi) is 4.66. The molecule has 1 aliphatic rings. The summed E-state index contributed by atoms with van der Waals surface area (Å²) >= 11 is 1.72. The van der Waals surface area contributed by atoms with E-state index >= 15 is 0 Å². The number of carbonyl (C=O) groups is 1. The molecule has 0 radical (unpaired) electrons. The maximum absolute atomic E-state index is 12.1. The van der Waals surface area contributed by atoms with Crippen LogP contribution in [0.3, 0.4) is 0 Å². The predicted octanol–water partition coefficient (Wildman–Crippen LogP) is 2.40. The Hall–Kier alpha value is -1.00. The van der Waals surface area contributed by atoms with Gasteiger partial charge in [-0.2, -0.15) is 0 Å². The molecule has 98 valence electrons. The number of hydrogen-bond donors (Lipinski definition) is 0. The number of hydrogen-bond acceptors (Lipinski definition) is 3. The number of ether oxygens (including phenoxy) is 1. The Labute approximate surface area is 113 Å². The zero-order chi connectivity index (χ0) is 13.0. The third-order valence-electron chi connectivity index (χ3n) is 3.21. The molecule has 1 aromatic carbocycles. The van der Waals surface area contributed by atoms with Crippen molar-refractivity contribution in [3.8, 4) is 0 Å². The van der Waals surface area contributed by atoms with Gasteiger partial charge in [0.2, 0.25) is 5.91 Å². The Balaban J connectivity index is 1.97. The Bertz CT molecular complexity index is 416. The first-order chi connectivity index (χ1) is 8.70. The molecular formula is C14H19NO2S. The van der Waals surface area contributed by atoms with Gasteiger partial charge in [-0.1, -0.05) is 12.1 Å². The zero-order valence-corrected chi connectivity index (χ0v) is 11.7. The number of rotatable bonds is 4. The largest absolute Gasteiger partial charge is 0.381 e. The van der Waals surface area contributed by atoms with Crippen molar-refractivity contribution in [1.29, 1.82) is 0 Å². The smallest absolute Gasteiger partial charge is 0.228 e. The molecule has 1 unspecified atom stereocenters. The third kappa shape index (κ3) is 3.27. The van der Waals surface area contributed by atoms with E-state index in [1.165, 1.54) is 10.5 Å². The fourth-order valence-corrected chi connectivity index (χ4v) is 2.65. The minimum absolute atomic E-state index is 0.0544. The number of thioether (sulfide) groups is 1. The van der Waals surface area contributed by atoms with Crippen molar-refractivity contribution in [1.82, 2.24) is 4.90 Å². The van der Waals surface area contributed by atoms with Crippen LogP contribution in [0.1, 0.15) is 12.0 Å². The van der Waals surface area contributed by atoms with Crippen LogP contribution in [0.5, 0.6) is 0 Å². The van der Waals surface area contributed by atoms with Gasteiger partial charge in [-0.3, -0.25) is 4.79 Å². The predicted molar refractivity (Wildman–Crippen MR) is 73.6 cm³/mol. The molecule has 0 bridgehead atoms. The fourth-order valence-electron chi connectivity index (χ4n) is 2.16. The summed E-state index contributed by atoms with van der Waals surface area (Å²) in [5, 5.41) is 0. The van der Waals surface area contributed by atoms with Gasteiger partial charge in [0.15, 0.2) is 0 Å². The van der Waals surface area contributed by atoms with Crippen LogP contribution in [0, 0.1) is 5.92 Å². The van der Waals surface area contributed by atoms with Crippen LogP contribution in [-0.4, -0.2) is 37.3 Å². The highest BCUT2D eigenvalue weighted by atomic mass is 32.2. The molecule has 0 spiro atoms. The lowest BCUT2D eigenvalue weighted by Crippen LogP contribution is -2.32. The standard InChI is InChI=1S/C14H19NO2S/c1-15(14(16)12-6-7-17-10-12)9-11-4-3-5-13(8-11)18-2/h3-5,8,12H,6-7,9-10H2,1-2H3. The molecule has 2 rings (SSSR count). The van der Waals surface area contributed by atoms with Crippen LogP contribution in [-0.2, 0) is 16.1 Å². The van der Waals surface area contributed by atoms with E-state index in [2.05, 4.69) is 24.5 Å². The monoisotopic (exact) mass is 265 g/mol. The molecule has 0 N–H and O–H groups in total. The average Bonchev–Trinajstić information content (AvgIpc) is 2.92. The third-order valence-corrected chi connectivity index (χ3v) is 3.93. The van der Waals surface area contributed by atoms with Crippen molar-refractivity contribution in [2.75, 3.05) is 26.5 Å². The quantitative estimate of drug-likeness (QED) is 0.783. The summed E-state index contributed by atoms with van der Waals surface area (Å²) in [4.78, 5) is 15.2. The second-order valence-corrected chi connectivity index (χ2v) is 5.49. The SMILES string of the molecule is CSc1cccc(CN(C)C(=O)C2CCOC2)c1. The summed E-state index contributed by atoms with van der Waals surface area (Å²) in [7, 11) is 1.87. The Morgan fingerprint density at radius 2 is 2.39 bits per heavy atom. The van der Waals surface area contributed by atoms with Gasteiger partial charge in [-0.25, -0.2) is 0 Å². The van der Waals surface area contributed by atoms with Crippen LogP contribution in [0.15, 0.2) is 29.2 Å². The highest BCUT2D eigenvalue weighted by molar-refractivity contribution is 7.98. The molecule has 18 heavy (non-hydrogen) atoms. The van der Waals surface area contributed by atoms with Crippen molar-refractivity contribution in [2.24, 2.45) is 5.92 Å². The van der Waals surface area contributed by atoms with Gasteiger partial charge in [-0.15, -0.1) is 11.8 Å². The number of carbonyl (C=O) groups excluding carboxylic acids is 1. The van der Waals surface area contributed by atoms with Crippen LogP contribution in [0.25, 0.3) is 0 Å². The maximum atomic E-state index is 12.1. The van der Waals surface area contributed by atoms with Gasteiger partial charge >= 0.3 is 0 Å². The second-order valence-electron chi connectivity index (χ2n) is 4.61.